The molecule has 0 bridgehead atoms. The van der Waals surface area contributed by atoms with Crippen LogP contribution in [0.4, 0.5) is 0 Å². The molecule has 1 saturated carbocycles. The summed E-state index contributed by atoms with van der Waals surface area (Å²) < 4.78 is 11.2. The normalized spacial score (nSPS) is 21.7. The molecule has 2 heterocycles. The summed E-state index contributed by atoms with van der Waals surface area (Å²) in [6, 6.07) is 7.72. The summed E-state index contributed by atoms with van der Waals surface area (Å²) in [5.74, 6) is -5.09. The number of benzene rings is 1. The molecule has 1 aromatic carbocycles. The highest BCUT2D eigenvalue weighted by atomic mass is 16.7. The van der Waals surface area contributed by atoms with Crippen LogP contribution in [0.25, 0.3) is 0 Å². The van der Waals surface area contributed by atoms with E-state index in [1.54, 1.807) is 4.90 Å². The van der Waals surface area contributed by atoms with Crippen LogP contribution in [0.15, 0.2) is 48.9 Å². The number of rotatable bonds is 21. The number of methoxy groups -OCH3 is 1. The van der Waals surface area contributed by atoms with E-state index in [0.29, 0.717) is 25.7 Å². The molecule has 12 nitrogen and oxygen atoms in total. The molecular formula is C42H58N4O8. The van der Waals surface area contributed by atoms with Gasteiger partial charge in [-0.25, -0.2) is 4.98 Å². The third-order valence-corrected chi connectivity index (χ3v) is 11.2. The number of carbonyl (C=O) groups is 6. The van der Waals surface area contributed by atoms with Gasteiger partial charge in [-0.2, -0.15) is 0 Å². The molecule has 1 aliphatic heterocycles. The summed E-state index contributed by atoms with van der Waals surface area (Å²) in [4.78, 5) is 92.6. The number of likely N-dealkylation sites (tertiary alicyclic amines) is 1. The zero-order valence-corrected chi connectivity index (χ0v) is 32.9. The summed E-state index contributed by atoms with van der Waals surface area (Å²) in [7, 11) is 1.54. The predicted molar refractivity (Wildman–Crippen MR) is 202 cm³/mol. The van der Waals surface area contributed by atoms with Crippen molar-refractivity contribution in [1.82, 2.24) is 20.2 Å². The summed E-state index contributed by atoms with van der Waals surface area (Å²) >= 11 is 0. The van der Waals surface area contributed by atoms with Crippen molar-refractivity contribution in [2.45, 2.75) is 111 Å². The average molecular weight is 747 g/mol. The van der Waals surface area contributed by atoms with Crippen LogP contribution in [0.3, 0.4) is 0 Å². The van der Waals surface area contributed by atoms with Gasteiger partial charge in [-0.15, -0.1) is 0 Å². The SMILES string of the molecule is CCCC(CC(=O)C1[C@H]2CC[C@@H](OCOC)[C@H]2CN1C(=O)[C@@H](NC(=O)[C@H](CC(=O)c1cnccn1)C(C)C)C(C)C)C(=O)C(=O)C[C@H](C)c1ccccc1. The van der Waals surface area contributed by atoms with E-state index in [-0.39, 0.29) is 85.6 Å². The van der Waals surface area contributed by atoms with Crippen LogP contribution in [0.5, 0.6) is 0 Å². The molecule has 2 aliphatic rings. The van der Waals surface area contributed by atoms with Crippen molar-refractivity contribution < 1.29 is 38.2 Å². The van der Waals surface area contributed by atoms with Crippen molar-refractivity contribution in [3.05, 3.63) is 60.2 Å². The van der Waals surface area contributed by atoms with Crippen LogP contribution in [-0.2, 0) is 33.4 Å². The number of ketones is 4. The number of nitrogens with zero attached hydrogens (tertiary/aromatic N) is 3. The van der Waals surface area contributed by atoms with Crippen LogP contribution in [-0.4, -0.2) is 88.5 Å². The van der Waals surface area contributed by atoms with Gasteiger partial charge in [-0.3, -0.25) is 33.8 Å². The smallest absolute Gasteiger partial charge is 0.246 e. The zero-order chi connectivity index (χ0) is 39.5. The Balaban J connectivity index is 1.56. The lowest BCUT2D eigenvalue weighted by molar-refractivity contribution is -0.145. The van der Waals surface area contributed by atoms with Crippen LogP contribution < -0.4 is 5.32 Å². The molecule has 1 N–H and O–H groups in total. The molecule has 1 aromatic heterocycles. The number of hydrogen-bond donors (Lipinski definition) is 1. The molecule has 1 aliphatic carbocycles. The average Bonchev–Trinajstić information content (AvgIpc) is 3.74. The molecule has 4 rings (SSSR count). The van der Waals surface area contributed by atoms with E-state index in [9.17, 15) is 28.8 Å². The second-order valence-corrected chi connectivity index (χ2v) is 15.7. The molecule has 0 radical (unpaired) electrons. The lowest BCUT2D eigenvalue weighted by atomic mass is 9.83. The van der Waals surface area contributed by atoms with Crippen molar-refractivity contribution in [3.8, 4) is 0 Å². The topological polar surface area (TPSA) is 162 Å². The Kier molecular flexibility index (Phi) is 15.7. The molecular weight excluding hydrogens is 688 g/mol. The first-order chi connectivity index (χ1) is 25.8. The Morgan fingerprint density at radius 2 is 1.63 bits per heavy atom. The Bertz CT molecular complexity index is 1600. The molecule has 1 saturated heterocycles. The van der Waals surface area contributed by atoms with Crippen molar-refractivity contribution in [3.63, 3.8) is 0 Å². The van der Waals surface area contributed by atoms with E-state index >= 15 is 0 Å². The number of ether oxygens (including phenoxy) is 2. The summed E-state index contributed by atoms with van der Waals surface area (Å²) in [5, 5.41) is 2.95. The van der Waals surface area contributed by atoms with E-state index in [1.807, 2.05) is 71.9 Å². The van der Waals surface area contributed by atoms with E-state index in [0.717, 1.165) is 5.56 Å². The molecule has 12 heteroatoms. The lowest BCUT2D eigenvalue weighted by Gasteiger charge is -2.33. The largest absolute Gasteiger partial charge is 0.359 e. The third-order valence-electron chi connectivity index (χ3n) is 11.2. The van der Waals surface area contributed by atoms with Crippen molar-refractivity contribution in [1.29, 1.82) is 0 Å². The van der Waals surface area contributed by atoms with Gasteiger partial charge in [0, 0.05) is 63.1 Å². The van der Waals surface area contributed by atoms with Gasteiger partial charge in [0.1, 0.15) is 18.5 Å². The summed E-state index contributed by atoms with van der Waals surface area (Å²) in [6.07, 6.45) is 6.11. The minimum Gasteiger partial charge on any atom is -0.359 e. The lowest BCUT2D eigenvalue weighted by Crippen LogP contribution is -2.56. The molecule has 294 valence electrons. The number of aromatic nitrogens is 2. The Hall–Kier alpha value is -4.16. The Morgan fingerprint density at radius 3 is 2.24 bits per heavy atom. The highest BCUT2D eigenvalue weighted by Gasteiger charge is 2.54. The highest BCUT2D eigenvalue weighted by molar-refractivity contribution is 6.38. The van der Waals surface area contributed by atoms with E-state index in [4.69, 9.17) is 9.47 Å². The quantitative estimate of drug-likeness (QED) is 0.0996. The second kappa shape index (κ2) is 20.0. The number of hydrogen-bond acceptors (Lipinski definition) is 10. The number of carbonyl (C=O) groups excluding carboxylic acids is 6. The molecule has 8 atom stereocenters. The van der Waals surface area contributed by atoms with Gasteiger partial charge in [0.15, 0.2) is 17.3 Å². The second-order valence-electron chi connectivity index (χ2n) is 15.7. The zero-order valence-electron chi connectivity index (χ0n) is 32.9. The summed E-state index contributed by atoms with van der Waals surface area (Å²) in [6.45, 7) is 11.5. The van der Waals surface area contributed by atoms with Gasteiger partial charge in [-0.05, 0) is 48.5 Å². The van der Waals surface area contributed by atoms with Gasteiger partial charge in [0.25, 0.3) is 0 Å². The monoisotopic (exact) mass is 746 g/mol. The third kappa shape index (κ3) is 10.5. The van der Waals surface area contributed by atoms with Crippen LogP contribution in [0.2, 0.25) is 0 Å². The fraction of sp³-hybridized carbons (Fsp3) is 0.619. The molecule has 2 unspecified atom stereocenters. The van der Waals surface area contributed by atoms with Gasteiger partial charge >= 0.3 is 0 Å². The van der Waals surface area contributed by atoms with Gasteiger partial charge in [-0.1, -0.05) is 78.3 Å². The fourth-order valence-electron chi connectivity index (χ4n) is 8.15. The molecule has 2 amide bonds. The maximum atomic E-state index is 14.6. The first kappa shape index (κ1) is 42.6. The minimum atomic E-state index is -0.980. The highest BCUT2D eigenvalue weighted by Crippen LogP contribution is 2.45. The van der Waals surface area contributed by atoms with E-state index < -0.39 is 47.3 Å². The molecule has 54 heavy (non-hydrogen) atoms. The number of Topliss-reactive ketones (excluding diaryl/α,β-unsaturated/α-hetero) is 4. The summed E-state index contributed by atoms with van der Waals surface area (Å²) in [5.41, 5.74) is 1.12. The van der Waals surface area contributed by atoms with Crippen molar-refractivity contribution in [2.24, 2.45) is 35.5 Å². The Labute approximate surface area is 319 Å². The van der Waals surface area contributed by atoms with E-state index in [1.165, 1.54) is 25.7 Å². The first-order valence-corrected chi connectivity index (χ1v) is 19.4. The fourth-order valence-corrected chi connectivity index (χ4v) is 8.15. The standard InChI is InChI=1S/C42H58N4O8/c1-8-12-29(40(50)36(49)19-27(6)28-13-10-9-11-14-28)20-35(48)39-30-15-16-37(54-24-53-7)32(30)23-46(39)42(52)38(26(4)5)45-41(51)31(25(2)3)21-34(47)33-22-43-17-18-44-33/h9-11,13-14,17-18,22,25-27,29-32,37-39H,8,12,15-16,19-21,23-24H2,1-7H3,(H,45,51)/t27-,29?,30-,31+,32-,37+,38-,39?/m0/s1. The maximum absolute atomic E-state index is 14.6. The number of amides is 2. The predicted octanol–water partition coefficient (Wildman–Crippen LogP) is 5.40. The molecule has 2 aromatic rings. The molecule has 2 fully saturated rings. The number of fused-ring (bicyclic) bond motifs is 1. The molecule has 0 spiro atoms. The number of nitrogens with one attached hydrogen (secondary N) is 1. The maximum Gasteiger partial charge on any atom is 0.246 e. The first-order valence-electron chi connectivity index (χ1n) is 19.4. The van der Waals surface area contributed by atoms with Crippen molar-refractivity contribution in [2.75, 3.05) is 20.4 Å². The van der Waals surface area contributed by atoms with Gasteiger partial charge < -0.3 is 19.7 Å². The van der Waals surface area contributed by atoms with Gasteiger partial charge in [0.2, 0.25) is 17.6 Å². The van der Waals surface area contributed by atoms with Crippen LogP contribution in [0.1, 0.15) is 108 Å². The van der Waals surface area contributed by atoms with E-state index in [2.05, 4.69) is 15.3 Å². The minimum absolute atomic E-state index is 0.0476. The van der Waals surface area contributed by atoms with Crippen molar-refractivity contribution >= 4 is 34.9 Å². The Morgan fingerprint density at radius 1 is 0.907 bits per heavy atom. The van der Waals surface area contributed by atoms with Crippen LogP contribution >= 0.6 is 0 Å². The van der Waals surface area contributed by atoms with Crippen LogP contribution in [0, 0.1) is 35.5 Å². The van der Waals surface area contributed by atoms with Gasteiger partial charge in [0.05, 0.1) is 18.3 Å².